The van der Waals surface area contributed by atoms with E-state index in [9.17, 15) is 14.4 Å². The molecule has 4 rings (SSSR count). The van der Waals surface area contributed by atoms with Gasteiger partial charge in [-0.2, -0.15) is 0 Å². The first kappa shape index (κ1) is 24.2. The third kappa shape index (κ3) is 5.26. The number of hydrogen-bond acceptors (Lipinski definition) is 4. The largest absolute Gasteiger partial charge is 0.344 e. The van der Waals surface area contributed by atoms with Crippen molar-refractivity contribution in [3.05, 3.63) is 35.8 Å². The summed E-state index contributed by atoms with van der Waals surface area (Å²) >= 11 is 0. The van der Waals surface area contributed by atoms with Crippen molar-refractivity contribution >= 4 is 23.4 Å². The molecule has 1 saturated heterocycles. The van der Waals surface area contributed by atoms with Gasteiger partial charge in [0.1, 0.15) is 11.7 Å². The smallest absolute Gasteiger partial charge is 0.254 e. The number of nitrogens with zero attached hydrogens (tertiary/aromatic N) is 4. The Morgan fingerprint density at radius 3 is 2.44 bits per heavy atom. The second-order valence-corrected chi connectivity index (χ2v) is 9.87. The molecule has 1 N–H and O–H groups in total. The minimum absolute atomic E-state index is 0.00457. The van der Waals surface area contributed by atoms with Crippen LogP contribution in [0.5, 0.6) is 0 Å². The lowest BCUT2D eigenvalue weighted by atomic mass is 9.83. The molecular formula is C26H37N5O3. The molecule has 3 heterocycles. The molecule has 0 bridgehead atoms. The van der Waals surface area contributed by atoms with Crippen LogP contribution in [-0.4, -0.2) is 69.1 Å². The molecule has 2 aliphatic rings. The van der Waals surface area contributed by atoms with Gasteiger partial charge in [-0.05, 0) is 44.2 Å². The van der Waals surface area contributed by atoms with Gasteiger partial charge in [0.15, 0.2) is 0 Å². The number of fused-ring (bicyclic) bond motifs is 1. The van der Waals surface area contributed by atoms with Crippen molar-refractivity contribution in [3.63, 3.8) is 0 Å². The summed E-state index contributed by atoms with van der Waals surface area (Å²) in [5.74, 6) is 0.0159. The molecule has 0 radical (unpaired) electrons. The zero-order chi connectivity index (χ0) is 24.2. The molecular weight excluding hydrogens is 430 g/mol. The first-order valence-electron chi connectivity index (χ1n) is 12.7. The van der Waals surface area contributed by atoms with Gasteiger partial charge in [0.25, 0.3) is 5.91 Å². The Morgan fingerprint density at radius 1 is 1.09 bits per heavy atom. The molecule has 1 aliphatic heterocycles. The summed E-state index contributed by atoms with van der Waals surface area (Å²) in [4.78, 5) is 47.4. The molecule has 8 nitrogen and oxygen atoms in total. The SMILES string of the molecule is CC[C@@H](C)C(=O)N[C@H](C(=O)N1CCN(C(=O)c2ccn3cc(C)nc3c2)CC1)C1CCCCC1. The Bertz CT molecular complexity index is 1030. The van der Waals surface area contributed by atoms with Crippen molar-refractivity contribution in [1.29, 1.82) is 0 Å². The average molecular weight is 468 g/mol. The van der Waals surface area contributed by atoms with E-state index in [-0.39, 0.29) is 29.6 Å². The third-order valence-electron chi connectivity index (χ3n) is 7.45. The number of nitrogens with one attached hydrogen (secondary N) is 1. The third-order valence-corrected chi connectivity index (χ3v) is 7.45. The molecule has 2 aromatic rings. The molecule has 3 amide bonds. The fourth-order valence-corrected chi connectivity index (χ4v) is 5.08. The highest BCUT2D eigenvalue weighted by Gasteiger charge is 2.36. The van der Waals surface area contributed by atoms with Crippen molar-refractivity contribution in [2.24, 2.45) is 11.8 Å². The van der Waals surface area contributed by atoms with Gasteiger partial charge in [-0.25, -0.2) is 4.98 Å². The Balaban J connectivity index is 1.40. The van der Waals surface area contributed by atoms with Gasteiger partial charge in [-0.1, -0.05) is 33.1 Å². The van der Waals surface area contributed by atoms with Crippen LogP contribution in [0.25, 0.3) is 5.65 Å². The van der Waals surface area contributed by atoms with E-state index in [0.29, 0.717) is 31.7 Å². The molecule has 1 saturated carbocycles. The van der Waals surface area contributed by atoms with Gasteiger partial charge in [0, 0.05) is 50.1 Å². The maximum atomic E-state index is 13.5. The van der Waals surface area contributed by atoms with Crippen LogP contribution in [0.2, 0.25) is 0 Å². The number of carbonyl (C=O) groups excluding carboxylic acids is 3. The summed E-state index contributed by atoms with van der Waals surface area (Å²) < 4.78 is 1.90. The van der Waals surface area contributed by atoms with Crippen LogP contribution in [0.15, 0.2) is 24.5 Å². The number of pyridine rings is 1. The fourth-order valence-electron chi connectivity index (χ4n) is 5.08. The van der Waals surface area contributed by atoms with E-state index in [1.807, 2.05) is 54.6 Å². The summed E-state index contributed by atoms with van der Waals surface area (Å²) in [5, 5.41) is 3.09. The second kappa shape index (κ2) is 10.6. The highest BCUT2D eigenvalue weighted by atomic mass is 16.2. The summed E-state index contributed by atoms with van der Waals surface area (Å²) in [6, 6.07) is 3.17. The van der Waals surface area contributed by atoms with E-state index in [1.165, 1.54) is 6.42 Å². The van der Waals surface area contributed by atoms with E-state index in [0.717, 1.165) is 43.4 Å². The first-order chi connectivity index (χ1) is 16.4. The number of aromatic nitrogens is 2. The van der Waals surface area contributed by atoms with E-state index < -0.39 is 6.04 Å². The van der Waals surface area contributed by atoms with Crippen LogP contribution in [-0.2, 0) is 9.59 Å². The second-order valence-electron chi connectivity index (χ2n) is 9.87. The summed E-state index contributed by atoms with van der Waals surface area (Å²) in [7, 11) is 0. The highest BCUT2D eigenvalue weighted by Crippen LogP contribution is 2.28. The quantitative estimate of drug-likeness (QED) is 0.708. The lowest BCUT2D eigenvalue weighted by molar-refractivity contribution is -0.140. The predicted octanol–water partition coefficient (Wildman–Crippen LogP) is 3.04. The zero-order valence-corrected chi connectivity index (χ0v) is 20.6. The molecule has 2 atom stereocenters. The van der Waals surface area contributed by atoms with Crippen molar-refractivity contribution < 1.29 is 14.4 Å². The Morgan fingerprint density at radius 2 is 1.76 bits per heavy atom. The monoisotopic (exact) mass is 467 g/mol. The number of amides is 3. The topological polar surface area (TPSA) is 87.0 Å². The Kier molecular flexibility index (Phi) is 7.54. The summed E-state index contributed by atoms with van der Waals surface area (Å²) in [5.41, 5.74) is 2.27. The first-order valence-corrected chi connectivity index (χ1v) is 12.7. The molecule has 8 heteroatoms. The number of aryl methyl sites for hydroxylation is 1. The van der Waals surface area contributed by atoms with Crippen LogP contribution in [0.3, 0.4) is 0 Å². The van der Waals surface area contributed by atoms with Gasteiger partial charge >= 0.3 is 0 Å². The average Bonchev–Trinajstić information content (AvgIpc) is 3.25. The van der Waals surface area contributed by atoms with E-state index in [2.05, 4.69) is 10.3 Å². The van der Waals surface area contributed by atoms with E-state index >= 15 is 0 Å². The number of imidazole rings is 1. The lowest BCUT2D eigenvalue weighted by Crippen LogP contribution is -2.58. The number of carbonyl (C=O) groups is 3. The highest BCUT2D eigenvalue weighted by molar-refractivity contribution is 5.95. The molecule has 0 spiro atoms. The molecule has 2 fully saturated rings. The van der Waals surface area contributed by atoms with Crippen LogP contribution < -0.4 is 5.32 Å². The summed E-state index contributed by atoms with van der Waals surface area (Å²) in [6.45, 7) is 7.76. The number of hydrogen-bond donors (Lipinski definition) is 1. The van der Waals surface area contributed by atoms with Crippen molar-refractivity contribution in [2.75, 3.05) is 26.2 Å². The summed E-state index contributed by atoms with van der Waals surface area (Å²) in [6.07, 6.45) is 9.90. The Labute approximate surface area is 201 Å². The molecule has 184 valence electrons. The fraction of sp³-hybridized carbons (Fsp3) is 0.615. The molecule has 0 aromatic carbocycles. The van der Waals surface area contributed by atoms with E-state index in [1.54, 1.807) is 4.90 Å². The van der Waals surface area contributed by atoms with Gasteiger partial charge < -0.3 is 19.5 Å². The van der Waals surface area contributed by atoms with Gasteiger partial charge in [0.05, 0.1) is 5.69 Å². The standard InChI is InChI=1S/C26H37N5O3/c1-4-18(2)24(32)28-23(20-8-6-5-7-9-20)26(34)30-14-12-29(13-15-30)25(33)21-10-11-31-17-19(3)27-22(31)16-21/h10-11,16-18,20,23H,4-9,12-15H2,1-3H3,(H,28,32)/t18-,23+/m1/s1. The predicted molar refractivity (Wildman–Crippen MR) is 130 cm³/mol. The van der Waals surface area contributed by atoms with Crippen molar-refractivity contribution in [3.8, 4) is 0 Å². The van der Waals surface area contributed by atoms with Gasteiger partial charge in [0.2, 0.25) is 11.8 Å². The van der Waals surface area contributed by atoms with Crippen LogP contribution in [0, 0.1) is 18.8 Å². The zero-order valence-electron chi connectivity index (χ0n) is 20.6. The molecule has 34 heavy (non-hydrogen) atoms. The van der Waals surface area contributed by atoms with Gasteiger partial charge in [-0.15, -0.1) is 0 Å². The number of piperazine rings is 1. The van der Waals surface area contributed by atoms with E-state index in [4.69, 9.17) is 0 Å². The molecule has 0 unspecified atom stereocenters. The molecule has 2 aromatic heterocycles. The molecule has 1 aliphatic carbocycles. The minimum Gasteiger partial charge on any atom is -0.344 e. The maximum Gasteiger partial charge on any atom is 0.254 e. The lowest BCUT2D eigenvalue weighted by Gasteiger charge is -2.39. The van der Waals surface area contributed by atoms with Gasteiger partial charge in [-0.3, -0.25) is 14.4 Å². The normalized spacial score (nSPS) is 19.1. The van der Waals surface area contributed by atoms with Crippen LogP contribution in [0.1, 0.15) is 68.4 Å². The van der Waals surface area contributed by atoms with Crippen molar-refractivity contribution in [1.82, 2.24) is 24.5 Å². The van der Waals surface area contributed by atoms with Crippen molar-refractivity contribution in [2.45, 2.75) is 65.3 Å². The van der Waals surface area contributed by atoms with Crippen LogP contribution >= 0.6 is 0 Å². The number of rotatable bonds is 6. The Hall–Kier alpha value is -2.90. The minimum atomic E-state index is -0.463. The van der Waals surface area contributed by atoms with Crippen LogP contribution in [0.4, 0.5) is 0 Å². The maximum absolute atomic E-state index is 13.5.